The second kappa shape index (κ2) is 7.99. The second-order valence-electron chi connectivity index (χ2n) is 5.78. The molecule has 22 heavy (non-hydrogen) atoms. The number of ether oxygens (including phenoxy) is 1. The summed E-state index contributed by atoms with van der Waals surface area (Å²) < 4.78 is 5.18. The van der Waals surface area contributed by atoms with Crippen LogP contribution in [0.5, 0.6) is 0 Å². The number of carbonyl (C=O) groups is 2. The molecule has 1 N–H and O–H groups in total. The van der Waals surface area contributed by atoms with Crippen LogP contribution in [0.25, 0.3) is 0 Å². The summed E-state index contributed by atoms with van der Waals surface area (Å²) in [4.78, 5) is 29.1. The molecule has 0 aliphatic carbocycles. The van der Waals surface area contributed by atoms with Gasteiger partial charge in [0.1, 0.15) is 0 Å². The van der Waals surface area contributed by atoms with Crippen LogP contribution in [0, 0.1) is 17.3 Å². The lowest BCUT2D eigenvalue weighted by atomic mass is 9.60. The van der Waals surface area contributed by atoms with Crippen molar-refractivity contribution in [3.63, 3.8) is 0 Å². The highest BCUT2D eigenvalue weighted by Gasteiger charge is 2.56. The van der Waals surface area contributed by atoms with E-state index >= 15 is 0 Å². The lowest BCUT2D eigenvalue weighted by Crippen LogP contribution is -2.55. The number of hydrogen-bond donors (Lipinski definition) is 1. The van der Waals surface area contributed by atoms with Gasteiger partial charge in [0, 0.05) is 5.71 Å². The molecule has 0 spiro atoms. The van der Waals surface area contributed by atoms with E-state index in [1.807, 2.05) is 20.1 Å². The molecule has 1 rings (SSSR count). The van der Waals surface area contributed by atoms with Gasteiger partial charge in [-0.1, -0.05) is 13.3 Å². The molecule has 0 saturated carbocycles. The van der Waals surface area contributed by atoms with E-state index in [1.54, 1.807) is 25.6 Å². The number of nitrogens with zero attached hydrogens (tertiary/aromatic N) is 1. The molecule has 0 aromatic carbocycles. The summed E-state index contributed by atoms with van der Waals surface area (Å²) in [5, 5.41) is 9.97. The van der Waals surface area contributed by atoms with Gasteiger partial charge in [-0.15, -0.1) is 0 Å². The molecule has 0 radical (unpaired) electrons. The van der Waals surface area contributed by atoms with E-state index in [9.17, 15) is 14.7 Å². The number of aliphatic imine (C=N–C) groups is 1. The van der Waals surface area contributed by atoms with E-state index in [4.69, 9.17) is 4.74 Å². The zero-order valence-electron chi connectivity index (χ0n) is 14.1. The van der Waals surface area contributed by atoms with E-state index < -0.39 is 17.3 Å². The topological polar surface area (TPSA) is 76.0 Å². The smallest absolute Gasteiger partial charge is 0.314 e. The molecular formula is C16H27NO4S. The van der Waals surface area contributed by atoms with Gasteiger partial charge < -0.3 is 9.84 Å². The fraction of sp³-hybridized carbons (Fsp3) is 0.812. The fourth-order valence-corrected chi connectivity index (χ4v) is 4.22. The maximum Gasteiger partial charge on any atom is 0.314 e. The molecule has 126 valence electrons. The molecule has 0 amide bonds. The summed E-state index contributed by atoms with van der Waals surface area (Å²) in [6.45, 7) is 7.65. The van der Waals surface area contributed by atoms with Crippen LogP contribution in [-0.4, -0.2) is 47.4 Å². The summed E-state index contributed by atoms with van der Waals surface area (Å²) in [5.74, 6) is -1.32. The third-order valence-electron chi connectivity index (χ3n) is 4.76. The molecule has 1 aliphatic heterocycles. The Morgan fingerprint density at radius 1 is 1.41 bits per heavy atom. The highest BCUT2D eigenvalue weighted by molar-refractivity contribution is 7.98. The van der Waals surface area contributed by atoms with Crippen LogP contribution in [0.15, 0.2) is 4.99 Å². The molecule has 0 fully saturated rings. The minimum atomic E-state index is -1.01. The molecule has 4 atom stereocenters. The van der Waals surface area contributed by atoms with E-state index in [0.717, 1.165) is 5.75 Å². The summed E-state index contributed by atoms with van der Waals surface area (Å²) in [5.41, 5.74) is -0.312. The average Bonchev–Trinajstić information content (AvgIpc) is 2.45. The molecule has 0 aromatic rings. The third-order valence-corrected chi connectivity index (χ3v) is 5.37. The largest absolute Gasteiger partial charge is 0.481 e. The van der Waals surface area contributed by atoms with Crippen LogP contribution in [0.2, 0.25) is 0 Å². The van der Waals surface area contributed by atoms with Gasteiger partial charge in [-0.3, -0.25) is 14.6 Å². The number of rotatable bonds is 7. The van der Waals surface area contributed by atoms with Crippen molar-refractivity contribution in [3.8, 4) is 0 Å². The predicted molar refractivity (Wildman–Crippen MR) is 89.5 cm³/mol. The lowest BCUT2D eigenvalue weighted by Gasteiger charge is -2.46. The number of carboxylic acids is 1. The Bertz CT molecular complexity index is 451. The van der Waals surface area contributed by atoms with E-state index in [-0.39, 0.29) is 17.9 Å². The van der Waals surface area contributed by atoms with Crippen molar-refractivity contribution in [3.05, 3.63) is 0 Å². The Morgan fingerprint density at radius 3 is 2.50 bits per heavy atom. The normalized spacial score (nSPS) is 31.5. The monoisotopic (exact) mass is 329 g/mol. The van der Waals surface area contributed by atoms with Crippen molar-refractivity contribution >= 4 is 29.4 Å². The van der Waals surface area contributed by atoms with Crippen LogP contribution in [0.1, 0.15) is 40.5 Å². The Balaban J connectivity index is 3.35. The van der Waals surface area contributed by atoms with Crippen molar-refractivity contribution in [2.45, 2.75) is 46.6 Å². The first kappa shape index (κ1) is 19.0. The summed E-state index contributed by atoms with van der Waals surface area (Å²) in [6, 6.07) is -0.340. The zero-order valence-corrected chi connectivity index (χ0v) is 14.9. The SMILES string of the molecule is CCOC(=O)C1C(C)=NC(C)C(CCSC)(C(=O)O)C1CC. The van der Waals surface area contributed by atoms with Crippen LogP contribution >= 0.6 is 11.8 Å². The standard InChI is InChI=1S/C16H27NO4S/c1-6-12-13(14(18)21-7-2)10(3)17-11(4)16(12,15(19)20)8-9-22-5/h11-13H,6-9H2,1-5H3,(H,19,20). The van der Waals surface area contributed by atoms with Crippen LogP contribution in [-0.2, 0) is 14.3 Å². The van der Waals surface area contributed by atoms with Gasteiger partial charge in [-0.25, -0.2) is 0 Å². The first-order valence-electron chi connectivity index (χ1n) is 7.79. The predicted octanol–water partition coefficient (Wildman–Crippen LogP) is 2.88. The second-order valence-corrected chi connectivity index (χ2v) is 6.76. The maximum absolute atomic E-state index is 12.4. The Hall–Kier alpha value is -1.04. The van der Waals surface area contributed by atoms with Crippen molar-refractivity contribution in [1.82, 2.24) is 0 Å². The fourth-order valence-electron chi connectivity index (χ4n) is 3.68. The van der Waals surface area contributed by atoms with Crippen molar-refractivity contribution in [1.29, 1.82) is 0 Å². The molecule has 5 nitrogen and oxygen atoms in total. The van der Waals surface area contributed by atoms with Gasteiger partial charge in [0.2, 0.25) is 0 Å². The number of carbonyl (C=O) groups excluding carboxylic acids is 1. The maximum atomic E-state index is 12.4. The molecule has 0 saturated heterocycles. The molecule has 1 heterocycles. The number of hydrogen-bond acceptors (Lipinski definition) is 5. The van der Waals surface area contributed by atoms with Gasteiger partial charge in [-0.05, 0) is 45.1 Å². The number of carboxylic acid groups (broad SMARTS) is 1. The minimum Gasteiger partial charge on any atom is -0.481 e. The van der Waals surface area contributed by atoms with E-state index in [1.165, 1.54) is 0 Å². The van der Waals surface area contributed by atoms with Crippen molar-refractivity contribution in [2.24, 2.45) is 22.2 Å². The molecular weight excluding hydrogens is 302 g/mol. The van der Waals surface area contributed by atoms with Crippen molar-refractivity contribution in [2.75, 3.05) is 18.6 Å². The van der Waals surface area contributed by atoms with Gasteiger partial charge in [0.15, 0.2) is 0 Å². The highest BCUT2D eigenvalue weighted by Crippen LogP contribution is 2.48. The van der Waals surface area contributed by atoms with Crippen molar-refractivity contribution < 1.29 is 19.4 Å². The number of aliphatic carboxylic acids is 1. The minimum absolute atomic E-state index is 0.288. The van der Waals surface area contributed by atoms with E-state index in [0.29, 0.717) is 25.2 Å². The summed E-state index contributed by atoms with van der Waals surface area (Å²) in [6.07, 6.45) is 3.08. The average molecular weight is 329 g/mol. The first-order valence-corrected chi connectivity index (χ1v) is 9.19. The Morgan fingerprint density at radius 2 is 2.05 bits per heavy atom. The molecule has 6 heteroatoms. The van der Waals surface area contributed by atoms with Crippen LogP contribution < -0.4 is 0 Å². The molecule has 0 bridgehead atoms. The van der Waals surface area contributed by atoms with Crippen LogP contribution in [0.3, 0.4) is 0 Å². The van der Waals surface area contributed by atoms with Gasteiger partial charge >= 0.3 is 11.9 Å². The third kappa shape index (κ3) is 3.31. The van der Waals surface area contributed by atoms with Crippen LogP contribution in [0.4, 0.5) is 0 Å². The first-order chi connectivity index (χ1) is 10.4. The highest BCUT2D eigenvalue weighted by atomic mass is 32.2. The van der Waals surface area contributed by atoms with Gasteiger partial charge in [-0.2, -0.15) is 11.8 Å². The van der Waals surface area contributed by atoms with Gasteiger partial charge in [0.05, 0.1) is 24.0 Å². The van der Waals surface area contributed by atoms with E-state index in [2.05, 4.69) is 4.99 Å². The summed E-state index contributed by atoms with van der Waals surface area (Å²) >= 11 is 1.62. The Labute approximate surface area is 136 Å². The lowest BCUT2D eigenvalue weighted by molar-refractivity contribution is -0.161. The summed E-state index contributed by atoms with van der Waals surface area (Å²) in [7, 11) is 0. The molecule has 4 unspecified atom stereocenters. The number of thioether (sulfide) groups is 1. The zero-order chi connectivity index (χ0) is 16.9. The number of esters is 1. The quantitative estimate of drug-likeness (QED) is 0.727. The Kier molecular flexibility index (Phi) is 6.91. The molecule has 1 aliphatic rings. The van der Waals surface area contributed by atoms with Gasteiger partial charge in [0.25, 0.3) is 0 Å². The molecule has 0 aromatic heterocycles.